The Morgan fingerprint density at radius 1 is 1.64 bits per heavy atom. The van der Waals surface area contributed by atoms with E-state index in [4.69, 9.17) is 5.11 Å². The maximum atomic E-state index is 10.3. The van der Waals surface area contributed by atoms with Gasteiger partial charge in [0.15, 0.2) is 0 Å². The lowest BCUT2D eigenvalue weighted by atomic mass is 10.1. The quantitative estimate of drug-likeness (QED) is 0.700. The summed E-state index contributed by atoms with van der Waals surface area (Å²) in [6.07, 6.45) is 6.32. The Morgan fingerprint density at radius 2 is 2.36 bits per heavy atom. The Hall–Kier alpha value is -0.830. The van der Waals surface area contributed by atoms with Crippen LogP contribution in [0.15, 0.2) is 12.2 Å². The van der Waals surface area contributed by atoms with E-state index in [1.165, 1.54) is 18.9 Å². The molecule has 1 fully saturated rings. The van der Waals surface area contributed by atoms with Crippen molar-refractivity contribution in [2.75, 3.05) is 6.54 Å². The minimum Gasteiger partial charge on any atom is -0.478 e. The van der Waals surface area contributed by atoms with Gasteiger partial charge in [-0.15, -0.1) is 0 Å². The molecule has 0 saturated carbocycles. The van der Waals surface area contributed by atoms with Gasteiger partial charge in [-0.25, -0.2) is 4.79 Å². The largest absolute Gasteiger partial charge is 0.478 e. The normalized spacial score (nSPS) is 23.8. The van der Waals surface area contributed by atoms with E-state index < -0.39 is 5.97 Å². The van der Waals surface area contributed by atoms with Crippen molar-refractivity contribution in [3.8, 4) is 0 Å². The molecule has 0 aromatic heterocycles. The molecule has 1 unspecified atom stereocenters. The van der Waals surface area contributed by atoms with Crippen molar-refractivity contribution in [3.63, 3.8) is 0 Å². The molecule has 1 rings (SSSR count). The number of aliphatic carboxylic acids is 1. The van der Waals surface area contributed by atoms with Gasteiger partial charge in [0.05, 0.1) is 0 Å². The fraction of sp³-hybridized carbons (Fsp3) is 0.727. The molecule has 0 spiro atoms. The molecule has 1 atom stereocenters. The van der Waals surface area contributed by atoms with Crippen molar-refractivity contribution in [2.24, 2.45) is 0 Å². The number of carbonyl (C=O) groups is 1. The number of likely N-dealkylation sites (tertiary alicyclic amines) is 1. The lowest BCUT2D eigenvalue weighted by Crippen LogP contribution is -2.35. The molecule has 0 bridgehead atoms. The molecule has 0 aliphatic carbocycles. The van der Waals surface area contributed by atoms with E-state index in [9.17, 15) is 4.79 Å². The molecule has 1 heterocycles. The molecule has 3 nitrogen and oxygen atoms in total. The fourth-order valence-electron chi connectivity index (χ4n) is 2.12. The van der Waals surface area contributed by atoms with Crippen LogP contribution >= 0.6 is 0 Å². The Bertz CT molecular complexity index is 223. The van der Waals surface area contributed by atoms with Gasteiger partial charge in [-0.05, 0) is 39.7 Å². The standard InChI is InChI=1S/C11H19NO2/c1-9(2)12-8-4-6-10(12)5-3-7-11(13)14/h3,7,9-10H,4-6,8H2,1-2H3,(H,13,14)/b7-3-. The predicted octanol–water partition coefficient (Wildman–Crippen LogP) is 1.89. The molecular formula is C11H19NO2. The van der Waals surface area contributed by atoms with Crippen LogP contribution in [-0.4, -0.2) is 34.6 Å². The van der Waals surface area contributed by atoms with Crippen molar-refractivity contribution in [3.05, 3.63) is 12.2 Å². The van der Waals surface area contributed by atoms with E-state index in [2.05, 4.69) is 18.7 Å². The molecule has 0 aromatic rings. The average Bonchev–Trinajstić information content (AvgIpc) is 2.51. The summed E-state index contributed by atoms with van der Waals surface area (Å²) in [5, 5.41) is 8.46. The highest BCUT2D eigenvalue weighted by molar-refractivity contribution is 5.79. The van der Waals surface area contributed by atoms with Crippen LogP contribution in [0.3, 0.4) is 0 Å². The average molecular weight is 197 g/mol. The molecule has 1 N–H and O–H groups in total. The third kappa shape index (κ3) is 3.14. The van der Waals surface area contributed by atoms with E-state index >= 15 is 0 Å². The smallest absolute Gasteiger partial charge is 0.327 e. The molecule has 1 saturated heterocycles. The van der Waals surface area contributed by atoms with Gasteiger partial charge >= 0.3 is 5.97 Å². The molecule has 14 heavy (non-hydrogen) atoms. The summed E-state index contributed by atoms with van der Waals surface area (Å²) in [5.74, 6) is -0.848. The minimum atomic E-state index is -0.848. The van der Waals surface area contributed by atoms with Gasteiger partial charge in [0.2, 0.25) is 0 Å². The van der Waals surface area contributed by atoms with Gasteiger partial charge in [0.1, 0.15) is 0 Å². The number of rotatable bonds is 4. The summed E-state index contributed by atoms with van der Waals surface area (Å²) in [6.45, 7) is 5.54. The van der Waals surface area contributed by atoms with E-state index in [1.807, 2.05) is 0 Å². The molecule has 80 valence electrons. The van der Waals surface area contributed by atoms with E-state index in [0.29, 0.717) is 12.1 Å². The third-order valence-corrected chi connectivity index (χ3v) is 2.75. The first-order chi connectivity index (χ1) is 6.61. The number of carboxylic acid groups (broad SMARTS) is 1. The van der Waals surface area contributed by atoms with E-state index in [0.717, 1.165) is 13.0 Å². The monoisotopic (exact) mass is 197 g/mol. The van der Waals surface area contributed by atoms with Gasteiger partial charge in [-0.1, -0.05) is 6.08 Å². The zero-order valence-electron chi connectivity index (χ0n) is 8.94. The van der Waals surface area contributed by atoms with Crippen LogP contribution in [0, 0.1) is 0 Å². The summed E-state index contributed by atoms with van der Waals surface area (Å²) >= 11 is 0. The lowest BCUT2D eigenvalue weighted by Gasteiger charge is -2.27. The summed E-state index contributed by atoms with van der Waals surface area (Å²) in [4.78, 5) is 12.7. The summed E-state index contributed by atoms with van der Waals surface area (Å²) < 4.78 is 0. The zero-order valence-corrected chi connectivity index (χ0v) is 8.94. The van der Waals surface area contributed by atoms with Crippen molar-refractivity contribution in [2.45, 2.75) is 45.2 Å². The van der Waals surface area contributed by atoms with Crippen molar-refractivity contribution in [1.29, 1.82) is 0 Å². The second-order valence-corrected chi connectivity index (χ2v) is 4.10. The molecule has 1 aliphatic rings. The Morgan fingerprint density at radius 3 is 2.93 bits per heavy atom. The van der Waals surface area contributed by atoms with Crippen molar-refractivity contribution >= 4 is 5.97 Å². The van der Waals surface area contributed by atoms with Crippen LogP contribution < -0.4 is 0 Å². The SMILES string of the molecule is CC(C)N1CCCC1C/C=C\C(=O)O. The first-order valence-corrected chi connectivity index (χ1v) is 5.26. The van der Waals surface area contributed by atoms with E-state index in [-0.39, 0.29) is 0 Å². The van der Waals surface area contributed by atoms with Crippen molar-refractivity contribution < 1.29 is 9.90 Å². The van der Waals surface area contributed by atoms with E-state index in [1.54, 1.807) is 6.08 Å². The molecule has 0 amide bonds. The number of hydrogen-bond donors (Lipinski definition) is 1. The topological polar surface area (TPSA) is 40.5 Å². The van der Waals surface area contributed by atoms with Gasteiger partial charge < -0.3 is 5.11 Å². The highest BCUT2D eigenvalue weighted by atomic mass is 16.4. The fourth-order valence-corrected chi connectivity index (χ4v) is 2.12. The van der Waals surface area contributed by atoms with Crippen LogP contribution in [-0.2, 0) is 4.79 Å². The molecule has 0 radical (unpaired) electrons. The zero-order chi connectivity index (χ0) is 10.6. The van der Waals surface area contributed by atoms with Crippen LogP contribution in [0.4, 0.5) is 0 Å². The van der Waals surface area contributed by atoms with Crippen LogP contribution in [0.5, 0.6) is 0 Å². The second-order valence-electron chi connectivity index (χ2n) is 4.10. The maximum Gasteiger partial charge on any atom is 0.327 e. The van der Waals surface area contributed by atoms with Gasteiger partial charge in [-0.3, -0.25) is 4.90 Å². The first kappa shape index (κ1) is 11.2. The first-order valence-electron chi connectivity index (χ1n) is 5.26. The van der Waals surface area contributed by atoms with Crippen LogP contribution in [0.2, 0.25) is 0 Å². The van der Waals surface area contributed by atoms with Crippen molar-refractivity contribution in [1.82, 2.24) is 4.90 Å². The van der Waals surface area contributed by atoms with Gasteiger partial charge in [0, 0.05) is 18.2 Å². The highest BCUT2D eigenvalue weighted by Gasteiger charge is 2.24. The maximum absolute atomic E-state index is 10.3. The predicted molar refractivity (Wildman–Crippen MR) is 56.3 cm³/mol. The summed E-state index contributed by atoms with van der Waals surface area (Å²) in [6, 6.07) is 1.12. The number of carboxylic acids is 1. The second kappa shape index (κ2) is 5.15. The Kier molecular flexibility index (Phi) is 4.14. The molecule has 1 aliphatic heterocycles. The summed E-state index contributed by atoms with van der Waals surface area (Å²) in [5.41, 5.74) is 0. The van der Waals surface area contributed by atoms with Crippen LogP contribution in [0.25, 0.3) is 0 Å². The Balaban J connectivity index is 2.40. The Labute approximate surface area is 85.4 Å². The third-order valence-electron chi connectivity index (χ3n) is 2.75. The lowest BCUT2D eigenvalue weighted by molar-refractivity contribution is -0.131. The molecule has 3 heteroatoms. The van der Waals surface area contributed by atoms with Gasteiger partial charge in [-0.2, -0.15) is 0 Å². The van der Waals surface area contributed by atoms with Gasteiger partial charge in [0.25, 0.3) is 0 Å². The molecular weight excluding hydrogens is 178 g/mol. The molecule has 0 aromatic carbocycles. The minimum absolute atomic E-state index is 0.547. The van der Waals surface area contributed by atoms with Crippen LogP contribution in [0.1, 0.15) is 33.1 Å². The summed E-state index contributed by atoms with van der Waals surface area (Å²) in [7, 11) is 0. The number of nitrogens with zero attached hydrogens (tertiary/aromatic N) is 1. The number of hydrogen-bond acceptors (Lipinski definition) is 2. The highest BCUT2D eigenvalue weighted by Crippen LogP contribution is 2.22.